The van der Waals surface area contributed by atoms with Crippen LogP contribution < -0.4 is 0 Å². The second kappa shape index (κ2) is 11.9. The number of fused-ring (bicyclic) bond motifs is 1. The van der Waals surface area contributed by atoms with Crippen molar-refractivity contribution < 1.29 is 33.3 Å². The quantitative estimate of drug-likeness (QED) is 0.655. The molecule has 31 heavy (non-hydrogen) atoms. The zero-order chi connectivity index (χ0) is 22.1. The number of nitrogens with zero attached hydrogens (tertiary/aromatic N) is 2. The van der Waals surface area contributed by atoms with Crippen molar-refractivity contribution in [2.45, 2.75) is 19.4 Å². The van der Waals surface area contributed by atoms with E-state index in [1.54, 1.807) is 36.1 Å². The number of benzene rings is 1. The van der Waals surface area contributed by atoms with Gasteiger partial charge in [-0.2, -0.15) is 0 Å². The highest BCUT2D eigenvalue weighted by Crippen LogP contribution is 2.26. The maximum Gasteiger partial charge on any atom is 0.262 e. The highest BCUT2D eigenvalue weighted by atomic mass is 16.6. The van der Waals surface area contributed by atoms with Crippen LogP contribution in [0, 0.1) is 0 Å². The SMILES string of the molecule is CC[C@@H](C(=O)N1CCOCCOCCOCCOCC1)N1C(=O)c2ccccc2C1=O. The number of imide groups is 1. The van der Waals surface area contributed by atoms with Gasteiger partial charge in [-0.15, -0.1) is 0 Å². The molecule has 0 bridgehead atoms. The van der Waals surface area contributed by atoms with E-state index < -0.39 is 17.9 Å². The molecule has 1 atom stereocenters. The van der Waals surface area contributed by atoms with Crippen molar-refractivity contribution in [2.24, 2.45) is 0 Å². The third-order valence-electron chi connectivity index (χ3n) is 5.25. The molecule has 0 saturated carbocycles. The fourth-order valence-corrected chi connectivity index (χ4v) is 3.61. The number of hydrogen-bond donors (Lipinski definition) is 0. The summed E-state index contributed by atoms with van der Waals surface area (Å²) in [4.78, 5) is 41.8. The molecular weight excluding hydrogens is 404 g/mol. The van der Waals surface area contributed by atoms with Crippen molar-refractivity contribution in [1.82, 2.24) is 9.80 Å². The van der Waals surface area contributed by atoms with Crippen LogP contribution in [0.4, 0.5) is 0 Å². The Balaban J connectivity index is 1.68. The second-order valence-corrected chi connectivity index (χ2v) is 7.22. The minimum Gasteiger partial charge on any atom is -0.377 e. The summed E-state index contributed by atoms with van der Waals surface area (Å²) in [6.07, 6.45) is 0.324. The van der Waals surface area contributed by atoms with Crippen molar-refractivity contribution in [3.63, 3.8) is 0 Å². The number of rotatable bonds is 3. The van der Waals surface area contributed by atoms with Crippen molar-refractivity contribution in [3.05, 3.63) is 35.4 Å². The third kappa shape index (κ3) is 5.88. The van der Waals surface area contributed by atoms with Crippen LogP contribution in [0.5, 0.6) is 0 Å². The predicted octanol–water partition coefficient (Wildman–Crippen LogP) is 0.970. The number of carbonyl (C=O) groups excluding carboxylic acids is 3. The van der Waals surface area contributed by atoms with Gasteiger partial charge in [-0.05, 0) is 18.6 Å². The lowest BCUT2D eigenvalue weighted by Gasteiger charge is -2.31. The smallest absolute Gasteiger partial charge is 0.262 e. The van der Waals surface area contributed by atoms with Crippen molar-refractivity contribution in [3.8, 4) is 0 Å². The van der Waals surface area contributed by atoms with E-state index in [0.717, 1.165) is 4.90 Å². The van der Waals surface area contributed by atoms with Crippen molar-refractivity contribution in [1.29, 1.82) is 0 Å². The van der Waals surface area contributed by atoms with E-state index in [4.69, 9.17) is 18.9 Å². The molecule has 0 N–H and O–H groups in total. The molecule has 3 rings (SSSR count). The minimum atomic E-state index is -0.874. The minimum absolute atomic E-state index is 0.291. The lowest BCUT2D eigenvalue weighted by Crippen LogP contribution is -2.52. The Morgan fingerprint density at radius 1 is 0.806 bits per heavy atom. The van der Waals surface area contributed by atoms with Gasteiger partial charge < -0.3 is 23.8 Å². The van der Waals surface area contributed by atoms with Crippen LogP contribution in [-0.4, -0.2) is 99.5 Å². The molecular formula is C22H30N2O7. The van der Waals surface area contributed by atoms with Gasteiger partial charge in [0.2, 0.25) is 5.91 Å². The molecule has 2 heterocycles. The zero-order valence-corrected chi connectivity index (χ0v) is 17.9. The first-order valence-corrected chi connectivity index (χ1v) is 10.7. The summed E-state index contributed by atoms with van der Waals surface area (Å²) in [5.41, 5.74) is 0.671. The second-order valence-electron chi connectivity index (χ2n) is 7.22. The van der Waals surface area contributed by atoms with Crippen molar-refractivity contribution in [2.75, 3.05) is 65.9 Å². The number of carbonyl (C=O) groups is 3. The van der Waals surface area contributed by atoms with Crippen LogP contribution in [-0.2, 0) is 23.7 Å². The maximum atomic E-state index is 13.4. The molecule has 0 spiro atoms. The summed E-state index contributed by atoms with van der Waals surface area (Å²) in [7, 11) is 0. The topological polar surface area (TPSA) is 94.6 Å². The van der Waals surface area contributed by atoms with E-state index in [1.165, 1.54) is 0 Å². The van der Waals surface area contributed by atoms with Crippen LogP contribution in [0.15, 0.2) is 24.3 Å². The standard InChI is InChI=1S/C22H30N2O7/c1-2-19(24-20(25)17-5-3-4-6-18(17)21(24)26)22(27)23-7-9-28-11-13-30-15-16-31-14-12-29-10-8-23/h3-6,19H,2,7-16H2,1H3/t19-/m0/s1. The van der Waals surface area contributed by atoms with Gasteiger partial charge in [0.25, 0.3) is 11.8 Å². The Morgan fingerprint density at radius 3 is 1.65 bits per heavy atom. The van der Waals surface area contributed by atoms with Crippen LogP contribution in [0.3, 0.4) is 0 Å². The van der Waals surface area contributed by atoms with Gasteiger partial charge in [0, 0.05) is 13.1 Å². The summed E-state index contributed by atoms with van der Waals surface area (Å²) < 4.78 is 22.0. The Labute approximate surface area is 182 Å². The Bertz CT molecular complexity index is 719. The first-order chi connectivity index (χ1) is 15.1. The Morgan fingerprint density at radius 2 is 1.23 bits per heavy atom. The van der Waals surface area contributed by atoms with E-state index in [2.05, 4.69) is 0 Å². The van der Waals surface area contributed by atoms with Gasteiger partial charge in [-0.25, -0.2) is 0 Å². The lowest BCUT2D eigenvalue weighted by atomic mass is 10.1. The average Bonchev–Trinajstić information content (AvgIpc) is 3.02. The lowest BCUT2D eigenvalue weighted by molar-refractivity contribution is -0.137. The van der Waals surface area contributed by atoms with E-state index in [-0.39, 0.29) is 5.91 Å². The monoisotopic (exact) mass is 434 g/mol. The molecule has 0 radical (unpaired) electrons. The molecule has 0 unspecified atom stereocenters. The third-order valence-corrected chi connectivity index (χ3v) is 5.25. The van der Waals surface area contributed by atoms with Crippen LogP contribution >= 0.6 is 0 Å². The first-order valence-electron chi connectivity index (χ1n) is 10.7. The maximum absolute atomic E-state index is 13.4. The molecule has 1 aromatic carbocycles. The molecule has 9 nitrogen and oxygen atoms in total. The Hall–Kier alpha value is -2.33. The largest absolute Gasteiger partial charge is 0.377 e. The average molecular weight is 434 g/mol. The Kier molecular flexibility index (Phi) is 8.96. The molecule has 1 saturated heterocycles. The fourth-order valence-electron chi connectivity index (χ4n) is 3.61. The summed E-state index contributed by atoms with van der Waals surface area (Å²) >= 11 is 0. The summed E-state index contributed by atoms with van der Waals surface area (Å²) in [5, 5.41) is 0. The van der Waals surface area contributed by atoms with Gasteiger partial charge in [0.15, 0.2) is 0 Å². The van der Waals surface area contributed by atoms with E-state index in [9.17, 15) is 14.4 Å². The molecule has 1 fully saturated rings. The summed E-state index contributed by atoms with van der Waals surface area (Å²) in [6.45, 7) is 5.80. The number of amides is 3. The number of hydrogen-bond acceptors (Lipinski definition) is 7. The fraction of sp³-hybridized carbons (Fsp3) is 0.591. The predicted molar refractivity (Wildman–Crippen MR) is 111 cm³/mol. The molecule has 0 aliphatic carbocycles. The summed E-state index contributed by atoms with van der Waals surface area (Å²) in [6, 6.07) is 5.77. The molecule has 2 aliphatic rings. The molecule has 2 aliphatic heterocycles. The molecule has 3 amide bonds. The van der Waals surface area contributed by atoms with Gasteiger partial charge >= 0.3 is 0 Å². The highest BCUT2D eigenvalue weighted by Gasteiger charge is 2.42. The van der Waals surface area contributed by atoms with Gasteiger partial charge in [-0.1, -0.05) is 19.1 Å². The normalized spacial score (nSPS) is 20.7. The van der Waals surface area contributed by atoms with Gasteiger partial charge in [0.05, 0.1) is 64.0 Å². The highest BCUT2D eigenvalue weighted by molar-refractivity contribution is 6.22. The first kappa shape index (κ1) is 23.3. The zero-order valence-electron chi connectivity index (χ0n) is 17.9. The number of ether oxygens (including phenoxy) is 4. The van der Waals surface area contributed by atoms with E-state index >= 15 is 0 Å². The van der Waals surface area contributed by atoms with Gasteiger partial charge in [-0.3, -0.25) is 19.3 Å². The van der Waals surface area contributed by atoms with Crippen LogP contribution in [0.2, 0.25) is 0 Å². The summed E-state index contributed by atoms with van der Waals surface area (Å²) in [5.74, 6) is -1.15. The molecule has 170 valence electrons. The molecule has 1 aromatic rings. The van der Waals surface area contributed by atoms with Crippen LogP contribution in [0.25, 0.3) is 0 Å². The van der Waals surface area contributed by atoms with E-state index in [0.29, 0.717) is 83.5 Å². The van der Waals surface area contributed by atoms with Crippen LogP contribution in [0.1, 0.15) is 34.1 Å². The molecule has 0 aromatic heterocycles. The van der Waals surface area contributed by atoms with E-state index in [1.807, 2.05) is 0 Å². The molecule has 9 heteroatoms. The van der Waals surface area contributed by atoms with Gasteiger partial charge in [0.1, 0.15) is 6.04 Å². The van der Waals surface area contributed by atoms with Crippen molar-refractivity contribution >= 4 is 17.7 Å².